The molecular formula is C8H9F3N2O. The lowest BCUT2D eigenvalue weighted by Gasteiger charge is -2.11. The quantitative estimate of drug-likeness (QED) is 0.801. The van der Waals surface area contributed by atoms with Gasteiger partial charge in [0.15, 0.2) is 0 Å². The minimum Gasteiger partial charge on any atom is -0.388 e. The molecule has 0 aliphatic carbocycles. The van der Waals surface area contributed by atoms with E-state index in [4.69, 9.17) is 5.73 Å². The van der Waals surface area contributed by atoms with Gasteiger partial charge in [-0.15, -0.1) is 13.2 Å². The van der Waals surface area contributed by atoms with E-state index >= 15 is 0 Å². The molecule has 0 aromatic carbocycles. The fourth-order valence-electron chi connectivity index (χ4n) is 0.988. The van der Waals surface area contributed by atoms with Gasteiger partial charge in [-0.3, -0.25) is 0 Å². The molecule has 0 aliphatic rings. The van der Waals surface area contributed by atoms with Crippen LogP contribution in [0.3, 0.4) is 0 Å². The smallest absolute Gasteiger partial charge is 0.388 e. The molecule has 0 unspecified atom stereocenters. The van der Waals surface area contributed by atoms with E-state index in [2.05, 4.69) is 9.72 Å². The van der Waals surface area contributed by atoms with Gasteiger partial charge in [0, 0.05) is 18.3 Å². The van der Waals surface area contributed by atoms with Crippen LogP contribution in [0.5, 0.6) is 5.88 Å². The highest BCUT2D eigenvalue weighted by Gasteiger charge is 2.32. The summed E-state index contributed by atoms with van der Waals surface area (Å²) in [6, 6.07) is 1.55. The maximum atomic E-state index is 11.9. The third-order valence-corrected chi connectivity index (χ3v) is 1.70. The van der Waals surface area contributed by atoms with Crippen molar-refractivity contribution in [3.8, 4) is 5.88 Å². The third kappa shape index (κ3) is 2.59. The standard InChI is InChI=1S/C8H9F3N2O/c1-5-6(4-12)2-3-13-7(5)14-8(9,10)11/h2-3H,4,12H2,1H3. The molecule has 1 rings (SSSR count). The Morgan fingerprint density at radius 1 is 1.50 bits per heavy atom. The first kappa shape index (κ1) is 10.8. The topological polar surface area (TPSA) is 48.1 Å². The van der Waals surface area contributed by atoms with E-state index in [1.54, 1.807) is 6.07 Å². The molecule has 0 bridgehead atoms. The summed E-state index contributed by atoms with van der Waals surface area (Å²) in [4.78, 5) is 3.47. The third-order valence-electron chi connectivity index (χ3n) is 1.70. The zero-order valence-electron chi connectivity index (χ0n) is 7.43. The van der Waals surface area contributed by atoms with Crippen molar-refractivity contribution in [3.63, 3.8) is 0 Å². The minimum absolute atomic E-state index is 0.155. The van der Waals surface area contributed by atoms with E-state index in [-0.39, 0.29) is 6.54 Å². The van der Waals surface area contributed by atoms with E-state index in [0.29, 0.717) is 11.1 Å². The number of alkyl halides is 3. The second kappa shape index (κ2) is 3.83. The fourth-order valence-corrected chi connectivity index (χ4v) is 0.988. The average Bonchev–Trinajstić information content (AvgIpc) is 2.06. The molecule has 14 heavy (non-hydrogen) atoms. The first-order valence-electron chi connectivity index (χ1n) is 3.84. The molecule has 0 atom stereocenters. The van der Waals surface area contributed by atoms with Crippen molar-refractivity contribution in [2.45, 2.75) is 19.8 Å². The number of hydrogen-bond donors (Lipinski definition) is 1. The van der Waals surface area contributed by atoms with Crippen LogP contribution in [-0.4, -0.2) is 11.3 Å². The predicted molar refractivity (Wildman–Crippen MR) is 43.5 cm³/mol. The summed E-state index contributed by atoms with van der Waals surface area (Å²) >= 11 is 0. The molecule has 3 nitrogen and oxygen atoms in total. The van der Waals surface area contributed by atoms with Crippen LogP contribution >= 0.6 is 0 Å². The van der Waals surface area contributed by atoms with Crippen molar-refractivity contribution in [2.24, 2.45) is 5.73 Å². The molecule has 1 aromatic heterocycles. The summed E-state index contributed by atoms with van der Waals surface area (Å²) in [5, 5.41) is 0. The maximum absolute atomic E-state index is 11.9. The normalized spacial score (nSPS) is 11.5. The molecule has 2 N–H and O–H groups in total. The predicted octanol–water partition coefficient (Wildman–Crippen LogP) is 1.75. The van der Waals surface area contributed by atoms with Gasteiger partial charge >= 0.3 is 6.36 Å². The molecule has 0 fully saturated rings. The van der Waals surface area contributed by atoms with E-state index in [9.17, 15) is 13.2 Å². The van der Waals surface area contributed by atoms with Crippen LogP contribution in [-0.2, 0) is 6.54 Å². The Bertz CT molecular complexity index is 325. The summed E-state index contributed by atoms with van der Waals surface area (Å²) < 4.78 is 39.3. The van der Waals surface area contributed by atoms with Gasteiger partial charge in [-0.2, -0.15) is 0 Å². The van der Waals surface area contributed by atoms with Gasteiger partial charge in [0.25, 0.3) is 0 Å². The molecule has 6 heteroatoms. The highest BCUT2D eigenvalue weighted by molar-refractivity contribution is 5.32. The number of nitrogens with zero attached hydrogens (tertiary/aromatic N) is 1. The summed E-state index contributed by atoms with van der Waals surface area (Å²) in [5.41, 5.74) is 6.21. The summed E-state index contributed by atoms with van der Waals surface area (Å²) in [5.74, 6) is -0.444. The lowest BCUT2D eigenvalue weighted by molar-refractivity contribution is -0.276. The van der Waals surface area contributed by atoms with Gasteiger partial charge in [0.1, 0.15) is 0 Å². The van der Waals surface area contributed by atoms with Gasteiger partial charge in [-0.05, 0) is 18.6 Å². The monoisotopic (exact) mass is 206 g/mol. The second-order valence-electron chi connectivity index (χ2n) is 2.65. The first-order valence-corrected chi connectivity index (χ1v) is 3.84. The molecule has 0 amide bonds. The van der Waals surface area contributed by atoms with Crippen molar-refractivity contribution in [3.05, 3.63) is 23.4 Å². The van der Waals surface area contributed by atoms with Crippen molar-refractivity contribution in [2.75, 3.05) is 0 Å². The Hall–Kier alpha value is -1.30. The average molecular weight is 206 g/mol. The first-order chi connectivity index (χ1) is 6.44. The highest BCUT2D eigenvalue weighted by atomic mass is 19.4. The fraction of sp³-hybridized carbons (Fsp3) is 0.375. The minimum atomic E-state index is -4.72. The van der Waals surface area contributed by atoms with Crippen LogP contribution in [0, 0.1) is 6.92 Å². The summed E-state index contributed by atoms with van der Waals surface area (Å²) in [7, 11) is 0. The van der Waals surface area contributed by atoms with Crippen molar-refractivity contribution in [1.82, 2.24) is 4.98 Å². The molecule has 0 spiro atoms. The van der Waals surface area contributed by atoms with Crippen LogP contribution < -0.4 is 10.5 Å². The molecule has 0 radical (unpaired) electrons. The number of pyridine rings is 1. The van der Waals surface area contributed by atoms with Crippen molar-refractivity contribution >= 4 is 0 Å². The zero-order valence-corrected chi connectivity index (χ0v) is 7.43. The van der Waals surface area contributed by atoms with E-state index in [0.717, 1.165) is 0 Å². The van der Waals surface area contributed by atoms with Crippen LogP contribution in [0.25, 0.3) is 0 Å². The Morgan fingerprint density at radius 2 is 2.14 bits per heavy atom. The molecule has 0 saturated heterocycles. The van der Waals surface area contributed by atoms with Crippen LogP contribution in [0.15, 0.2) is 12.3 Å². The van der Waals surface area contributed by atoms with Crippen LogP contribution in [0.2, 0.25) is 0 Å². The molecule has 1 heterocycles. The Labute approximate surface area is 78.7 Å². The molecular weight excluding hydrogens is 197 g/mol. The maximum Gasteiger partial charge on any atom is 0.574 e. The molecule has 78 valence electrons. The van der Waals surface area contributed by atoms with Gasteiger partial charge < -0.3 is 10.5 Å². The molecule has 0 saturated carbocycles. The summed E-state index contributed by atoms with van der Waals surface area (Å²) in [6.45, 7) is 1.64. The number of ether oxygens (including phenoxy) is 1. The van der Waals surface area contributed by atoms with Crippen molar-refractivity contribution in [1.29, 1.82) is 0 Å². The number of rotatable bonds is 2. The SMILES string of the molecule is Cc1c(CN)ccnc1OC(F)(F)F. The lowest BCUT2D eigenvalue weighted by atomic mass is 10.1. The van der Waals surface area contributed by atoms with Gasteiger partial charge in [-0.25, -0.2) is 4.98 Å². The van der Waals surface area contributed by atoms with Gasteiger partial charge in [-0.1, -0.05) is 0 Å². The van der Waals surface area contributed by atoms with Gasteiger partial charge in [0.05, 0.1) is 0 Å². The highest BCUT2D eigenvalue weighted by Crippen LogP contribution is 2.25. The van der Waals surface area contributed by atoms with E-state index in [1.165, 1.54) is 13.1 Å². The molecule has 1 aromatic rings. The second-order valence-corrected chi connectivity index (χ2v) is 2.65. The van der Waals surface area contributed by atoms with Crippen LogP contribution in [0.4, 0.5) is 13.2 Å². The Morgan fingerprint density at radius 3 is 2.64 bits per heavy atom. The number of hydrogen-bond acceptors (Lipinski definition) is 3. The lowest BCUT2D eigenvalue weighted by Crippen LogP contribution is -2.19. The Balaban J connectivity index is 2.98. The van der Waals surface area contributed by atoms with E-state index in [1.807, 2.05) is 0 Å². The number of halogens is 3. The van der Waals surface area contributed by atoms with Gasteiger partial charge in [0.2, 0.25) is 5.88 Å². The Kier molecular flexibility index (Phi) is 2.95. The number of nitrogens with two attached hydrogens (primary N) is 1. The summed E-state index contributed by atoms with van der Waals surface area (Å²) in [6.07, 6.45) is -3.48. The zero-order chi connectivity index (χ0) is 10.8. The molecule has 0 aliphatic heterocycles. The number of aromatic nitrogens is 1. The van der Waals surface area contributed by atoms with Crippen molar-refractivity contribution < 1.29 is 17.9 Å². The van der Waals surface area contributed by atoms with E-state index < -0.39 is 12.2 Å². The van der Waals surface area contributed by atoms with Crippen LogP contribution in [0.1, 0.15) is 11.1 Å². The largest absolute Gasteiger partial charge is 0.574 e.